The second-order valence-corrected chi connectivity index (χ2v) is 4.43. The molecule has 0 bridgehead atoms. The maximum Gasteiger partial charge on any atom is 0.236 e. The van der Waals surface area contributed by atoms with Crippen LogP contribution in [0.5, 0.6) is 0 Å². The van der Waals surface area contributed by atoms with Gasteiger partial charge in [0.2, 0.25) is 5.91 Å². The van der Waals surface area contributed by atoms with Crippen molar-refractivity contribution in [1.29, 1.82) is 0 Å². The number of unbranched alkanes of at least 4 members (excludes halogenated alkanes) is 1. The number of primary amides is 1. The maximum absolute atomic E-state index is 11.2. The van der Waals surface area contributed by atoms with E-state index in [0.29, 0.717) is 5.82 Å². The molecule has 0 spiro atoms. The fraction of sp³-hybridized carbons (Fsp3) is 0.615. The first-order valence-electron chi connectivity index (χ1n) is 6.69. The van der Waals surface area contributed by atoms with Crippen LogP contribution in [0, 0.1) is 6.92 Å². The van der Waals surface area contributed by atoms with Crippen molar-refractivity contribution >= 4 is 17.5 Å². The van der Waals surface area contributed by atoms with E-state index in [0.717, 1.165) is 37.6 Å². The van der Waals surface area contributed by atoms with Crippen LogP contribution in [-0.4, -0.2) is 35.5 Å². The van der Waals surface area contributed by atoms with Gasteiger partial charge in [0.15, 0.2) is 0 Å². The molecule has 0 aliphatic carbocycles. The van der Waals surface area contributed by atoms with Crippen molar-refractivity contribution in [2.75, 3.05) is 29.9 Å². The molecule has 1 rings (SSSR count). The minimum absolute atomic E-state index is 0.183. The van der Waals surface area contributed by atoms with Gasteiger partial charge in [-0.1, -0.05) is 13.3 Å². The van der Waals surface area contributed by atoms with Gasteiger partial charge in [-0.2, -0.15) is 0 Å². The van der Waals surface area contributed by atoms with Crippen molar-refractivity contribution in [3.8, 4) is 0 Å². The highest BCUT2D eigenvalue weighted by Gasteiger charge is 2.12. The van der Waals surface area contributed by atoms with Crippen molar-refractivity contribution in [2.45, 2.75) is 33.6 Å². The lowest BCUT2D eigenvalue weighted by molar-refractivity contribution is -0.116. The summed E-state index contributed by atoms with van der Waals surface area (Å²) in [5.41, 5.74) is 5.30. The van der Waals surface area contributed by atoms with E-state index < -0.39 is 0 Å². The van der Waals surface area contributed by atoms with Gasteiger partial charge in [0.1, 0.15) is 17.5 Å². The highest BCUT2D eigenvalue weighted by Crippen LogP contribution is 2.16. The summed E-state index contributed by atoms with van der Waals surface area (Å²) in [6, 6.07) is 1.86. The normalized spacial score (nSPS) is 10.3. The minimum atomic E-state index is -0.350. The summed E-state index contributed by atoms with van der Waals surface area (Å²) < 4.78 is 0. The SMILES string of the molecule is CCCCN(CC(N)=O)c1cc(NCC)nc(C)n1. The zero-order valence-corrected chi connectivity index (χ0v) is 11.9. The molecule has 0 saturated carbocycles. The van der Waals surface area contributed by atoms with Crippen LogP contribution in [0.3, 0.4) is 0 Å². The number of hydrogen-bond donors (Lipinski definition) is 2. The molecule has 0 unspecified atom stereocenters. The summed E-state index contributed by atoms with van der Waals surface area (Å²) >= 11 is 0. The highest BCUT2D eigenvalue weighted by molar-refractivity contribution is 5.79. The number of rotatable bonds is 8. The first-order valence-corrected chi connectivity index (χ1v) is 6.69. The fourth-order valence-corrected chi connectivity index (χ4v) is 1.80. The van der Waals surface area contributed by atoms with Gasteiger partial charge >= 0.3 is 0 Å². The van der Waals surface area contributed by atoms with Crippen molar-refractivity contribution < 1.29 is 4.79 Å². The number of nitrogens with two attached hydrogens (primary N) is 1. The molecule has 1 amide bonds. The number of anilines is 2. The van der Waals surface area contributed by atoms with Gasteiger partial charge in [-0.05, 0) is 20.3 Å². The van der Waals surface area contributed by atoms with Crippen molar-refractivity contribution in [3.63, 3.8) is 0 Å². The van der Waals surface area contributed by atoms with Crippen LogP contribution < -0.4 is 16.0 Å². The van der Waals surface area contributed by atoms with Gasteiger partial charge < -0.3 is 16.0 Å². The van der Waals surface area contributed by atoms with E-state index in [4.69, 9.17) is 5.73 Å². The number of hydrogen-bond acceptors (Lipinski definition) is 5. The lowest BCUT2D eigenvalue weighted by atomic mass is 10.3. The Bertz CT molecular complexity index is 421. The average molecular weight is 265 g/mol. The summed E-state index contributed by atoms with van der Waals surface area (Å²) in [5.74, 6) is 1.85. The Morgan fingerprint density at radius 1 is 1.42 bits per heavy atom. The lowest BCUT2D eigenvalue weighted by Gasteiger charge is -2.22. The van der Waals surface area contributed by atoms with Gasteiger partial charge in [-0.15, -0.1) is 0 Å². The molecule has 6 heteroatoms. The zero-order valence-electron chi connectivity index (χ0n) is 11.9. The lowest BCUT2D eigenvalue weighted by Crippen LogP contribution is -2.35. The average Bonchev–Trinajstić information content (AvgIpc) is 2.33. The Kier molecular flexibility index (Phi) is 6.05. The van der Waals surface area contributed by atoms with Crippen LogP contribution >= 0.6 is 0 Å². The van der Waals surface area contributed by atoms with Gasteiger partial charge in [-0.25, -0.2) is 9.97 Å². The largest absolute Gasteiger partial charge is 0.370 e. The summed E-state index contributed by atoms with van der Waals surface area (Å²) in [5, 5.41) is 3.16. The summed E-state index contributed by atoms with van der Waals surface area (Å²) in [6.07, 6.45) is 2.05. The van der Waals surface area contributed by atoms with Crippen LogP contribution in [-0.2, 0) is 4.79 Å². The summed E-state index contributed by atoms with van der Waals surface area (Å²) in [4.78, 5) is 21.8. The van der Waals surface area contributed by atoms with Crippen LogP contribution in [0.2, 0.25) is 0 Å². The Hall–Kier alpha value is -1.85. The predicted molar refractivity (Wildman–Crippen MR) is 77.2 cm³/mol. The molecule has 0 aliphatic rings. The molecule has 0 atom stereocenters. The molecular formula is C13H23N5O. The van der Waals surface area contributed by atoms with Gasteiger partial charge in [-0.3, -0.25) is 4.79 Å². The molecule has 0 fully saturated rings. The first-order chi connectivity index (χ1) is 9.06. The third kappa shape index (κ3) is 5.11. The Morgan fingerprint density at radius 3 is 2.74 bits per heavy atom. The van der Waals surface area contributed by atoms with Gasteiger partial charge in [0.25, 0.3) is 0 Å². The molecule has 1 aromatic rings. The summed E-state index contributed by atoms with van der Waals surface area (Å²) in [6.45, 7) is 7.70. The van der Waals surface area contributed by atoms with Crippen LogP contribution in [0.4, 0.5) is 11.6 Å². The third-order valence-corrected chi connectivity index (χ3v) is 2.63. The van der Waals surface area contributed by atoms with Crippen molar-refractivity contribution in [1.82, 2.24) is 9.97 Å². The van der Waals surface area contributed by atoms with Crippen LogP contribution in [0.15, 0.2) is 6.07 Å². The maximum atomic E-state index is 11.2. The quantitative estimate of drug-likeness (QED) is 0.740. The molecule has 0 radical (unpaired) electrons. The number of nitrogens with one attached hydrogen (secondary N) is 1. The number of aromatic nitrogens is 2. The second kappa shape index (κ2) is 7.56. The molecule has 19 heavy (non-hydrogen) atoms. The fourth-order valence-electron chi connectivity index (χ4n) is 1.80. The standard InChI is InChI=1S/C13H23N5O/c1-4-6-7-18(9-11(14)19)13-8-12(15-5-2)16-10(3)17-13/h8H,4-7,9H2,1-3H3,(H2,14,19)(H,15,16,17). The first kappa shape index (κ1) is 15.2. The zero-order chi connectivity index (χ0) is 14.3. The number of carbonyl (C=O) groups is 1. The third-order valence-electron chi connectivity index (χ3n) is 2.63. The minimum Gasteiger partial charge on any atom is -0.370 e. The molecular weight excluding hydrogens is 242 g/mol. The number of aryl methyl sites for hydroxylation is 1. The number of amides is 1. The number of carbonyl (C=O) groups excluding carboxylic acids is 1. The Morgan fingerprint density at radius 2 is 2.16 bits per heavy atom. The smallest absolute Gasteiger partial charge is 0.236 e. The Balaban J connectivity index is 2.95. The van der Waals surface area contributed by atoms with Crippen molar-refractivity contribution in [3.05, 3.63) is 11.9 Å². The highest BCUT2D eigenvalue weighted by atomic mass is 16.1. The van der Waals surface area contributed by atoms with E-state index in [1.807, 2.05) is 24.8 Å². The van der Waals surface area contributed by atoms with E-state index >= 15 is 0 Å². The second-order valence-electron chi connectivity index (χ2n) is 4.43. The molecule has 1 aromatic heterocycles. The molecule has 0 aliphatic heterocycles. The monoisotopic (exact) mass is 265 g/mol. The van der Waals surface area contributed by atoms with Gasteiger partial charge in [0.05, 0.1) is 6.54 Å². The van der Waals surface area contributed by atoms with Crippen LogP contribution in [0.1, 0.15) is 32.5 Å². The molecule has 0 saturated heterocycles. The van der Waals surface area contributed by atoms with Crippen molar-refractivity contribution in [2.24, 2.45) is 5.73 Å². The molecule has 0 aromatic carbocycles. The molecule has 1 heterocycles. The molecule has 106 valence electrons. The predicted octanol–water partition coefficient (Wildman–Crippen LogP) is 1.31. The van der Waals surface area contributed by atoms with E-state index in [2.05, 4.69) is 22.2 Å². The Labute approximate surface area is 114 Å². The van der Waals surface area contributed by atoms with E-state index in [-0.39, 0.29) is 12.5 Å². The topological polar surface area (TPSA) is 84.1 Å². The molecule has 6 nitrogen and oxygen atoms in total. The van der Waals surface area contributed by atoms with E-state index in [1.54, 1.807) is 0 Å². The summed E-state index contributed by atoms with van der Waals surface area (Å²) in [7, 11) is 0. The van der Waals surface area contributed by atoms with Gasteiger partial charge in [0, 0.05) is 19.2 Å². The number of nitrogens with zero attached hydrogens (tertiary/aromatic N) is 3. The van der Waals surface area contributed by atoms with Crippen LogP contribution in [0.25, 0.3) is 0 Å². The van der Waals surface area contributed by atoms with E-state index in [9.17, 15) is 4.79 Å². The van der Waals surface area contributed by atoms with E-state index in [1.165, 1.54) is 0 Å². The molecule has 3 N–H and O–H groups in total.